The van der Waals surface area contributed by atoms with Crippen LogP contribution in [0.5, 0.6) is 11.5 Å². The van der Waals surface area contributed by atoms with E-state index in [0.29, 0.717) is 10.8 Å². The molecule has 0 N–H and O–H groups in total. The monoisotopic (exact) mass is 380 g/mol. The molecule has 136 valence electrons. The molecule has 2 aliphatic rings. The van der Waals surface area contributed by atoms with Crippen LogP contribution in [0.3, 0.4) is 0 Å². The molecule has 0 fully saturated rings. The highest BCUT2D eigenvalue weighted by Gasteiger charge is 2.42. The topological polar surface area (TPSA) is 47.2 Å². The molecule has 0 spiro atoms. The second-order valence-corrected chi connectivity index (χ2v) is 6.96. The first-order chi connectivity index (χ1) is 13.2. The number of methoxy groups -OCH3 is 1. The second kappa shape index (κ2) is 6.35. The summed E-state index contributed by atoms with van der Waals surface area (Å²) in [6.45, 7) is 0. The molecule has 0 bridgehead atoms. The summed E-state index contributed by atoms with van der Waals surface area (Å²) in [5, 5.41) is 7.49. The first kappa shape index (κ1) is 16.3. The van der Waals surface area contributed by atoms with Crippen LogP contribution >= 0.6 is 11.6 Å². The third-order valence-corrected chi connectivity index (χ3v) is 5.17. The van der Waals surface area contributed by atoms with Crippen LogP contribution in [0.2, 0.25) is 5.02 Å². The number of para-hydroxylation sites is 1. The van der Waals surface area contributed by atoms with Gasteiger partial charge >= 0.3 is 0 Å². The fourth-order valence-corrected chi connectivity index (χ4v) is 3.91. The number of benzene rings is 2. The van der Waals surface area contributed by atoms with Crippen molar-refractivity contribution in [2.75, 3.05) is 7.11 Å². The van der Waals surface area contributed by atoms with Crippen molar-refractivity contribution < 1.29 is 13.9 Å². The minimum absolute atomic E-state index is 0.0351. The number of rotatable bonds is 3. The summed E-state index contributed by atoms with van der Waals surface area (Å²) in [7, 11) is 1.65. The molecule has 0 aliphatic carbocycles. The summed E-state index contributed by atoms with van der Waals surface area (Å²) < 4.78 is 17.5. The van der Waals surface area contributed by atoms with Gasteiger partial charge in [0.25, 0.3) is 0 Å². The predicted molar refractivity (Wildman–Crippen MR) is 102 cm³/mol. The number of hydrogen-bond donors (Lipinski definition) is 0. The number of halogens is 1. The normalized spacial score (nSPS) is 20.5. The van der Waals surface area contributed by atoms with Crippen molar-refractivity contribution in [3.05, 3.63) is 82.8 Å². The lowest BCUT2D eigenvalue weighted by Crippen LogP contribution is -2.33. The Labute approximate surface area is 161 Å². The zero-order valence-corrected chi connectivity index (χ0v) is 15.4. The number of hydrazone groups is 1. The van der Waals surface area contributed by atoms with Crippen molar-refractivity contribution in [3.63, 3.8) is 0 Å². The summed E-state index contributed by atoms with van der Waals surface area (Å²) in [4.78, 5) is 0. The van der Waals surface area contributed by atoms with Gasteiger partial charge in [0.15, 0.2) is 11.5 Å². The summed E-state index contributed by atoms with van der Waals surface area (Å²) in [6.07, 6.45) is 2.00. The van der Waals surface area contributed by atoms with Gasteiger partial charge in [0.1, 0.15) is 11.5 Å². The molecule has 3 aromatic rings. The van der Waals surface area contributed by atoms with Crippen molar-refractivity contribution in [2.24, 2.45) is 5.10 Å². The molecule has 27 heavy (non-hydrogen) atoms. The van der Waals surface area contributed by atoms with E-state index in [9.17, 15) is 0 Å². The first-order valence-electron chi connectivity index (χ1n) is 8.73. The van der Waals surface area contributed by atoms with Crippen LogP contribution in [0.1, 0.15) is 35.6 Å². The molecular formula is C21H17ClN2O3. The third kappa shape index (κ3) is 2.66. The van der Waals surface area contributed by atoms with Crippen LogP contribution in [-0.2, 0) is 0 Å². The standard InChI is InChI=1S/C21H17ClN2O3/c1-25-19-8-3-7-15-17-12-16(18-9-4-10-26-18)23-24(17)21(27-20(15)19)13-5-2-6-14(22)11-13/h2-11,17,21H,12H2,1H3/t17-,21+/m0/s1. The lowest BCUT2D eigenvalue weighted by atomic mass is 9.97. The molecule has 0 unspecified atom stereocenters. The molecule has 2 atom stereocenters. The van der Waals surface area contributed by atoms with Gasteiger partial charge < -0.3 is 13.9 Å². The van der Waals surface area contributed by atoms with E-state index in [4.69, 9.17) is 30.6 Å². The fraction of sp³-hybridized carbons (Fsp3) is 0.190. The molecule has 0 saturated heterocycles. The Hall–Kier alpha value is -2.92. The van der Waals surface area contributed by atoms with Gasteiger partial charge in [-0.25, -0.2) is 5.01 Å². The number of furan rings is 1. The molecule has 5 rings (SSSR count). The average molecular weight is 381 g/mol. The van der Waals surface area contributed by atoms with Crippen molar-refractivity contribution in [3.8, 4) is 11.5 Å². The van der Waals surface area contributed by atoms with Crippen LogP contribution < -0.4 is 9.47 Å². The first-order valence-corrected chi connectivity index (χ1v) is 9.11. The van der Waals surface area contributed by atoms with Crippen molar-refractivity contribution in [1.82, 2.24) is 5.01 Å². The third-order valence-electron chi connectivity index (χ3n) is 4.94. The number of nitrogens with zero attached hydrogens (tertiary/aromatic N) is 2. The number of ether oxygens (including phenoxy) is 2. The molecular weight excluding hydrogens is 364 g/mol. The minimum atomic E-state index is -0.398. The number of hydrogen-bond acceptors (Lipinski definition) is 5. The molecule has 5 nitrogen and oxygen atoms in total. The molecule has 1 aromatic heterocycles. The zero-order valence-electron chi connectivity index (χ0n) is 14.6. The second-order valence-electron chi connectivity index (χ2n) is 6.53. The quantitative estimate of drug-likeness (QED) is 0.627. The molecule has 2 aliphatic heterocycles. The maximum absolute atomic E-state index is 6.38. The fourth-order valence-electron chi connectivity index (χ4n) is 3.72. The van der Waals surface area contributed by atoms with Crippen LogP contribution in [0.25, 0.3) is 0 Å². The van der Waals surface area contributed by atoms with E-state index in [1.807, 2.05) is 53.5 Å². The largest absolute Gasteiger partial charge is 0.493 e. The van der Waals surface area contributed by atoms with E-state index in [2.05, 4.69) is 6.07 Å². The van der Waals surface area contributed by atoms with E-state index < -0.39 is 6.23 Å². The van der Waals surface area contributed by atoms with Crippen molar-refractivity contribution in [1.29, 1.82) is 0 Å². The zero-order chi connectivity index (χ0) is 18.4. The lowest BCUT2D eigenvalue weighted by molar-refractivity contribution is -0.0209. The Morgan fingerprint density at radius 3 is 2.81 bits per heavy atom. The number of fused-ring (bicyclic) bond motifs is 3. The van der Waals surface area contributed by atoms with Gasteiger partial charge in [-0.05, 0) is 30.3 Å². The van der Waals surface area contributed by atoms with Crippen LogP contribution in [-0.4, -0.2) is 17.8 Å². The SMILES string of the molecule is COc1cccc2c1O[C@H](c1cccc(Cl)c1)N1N=C(c3ccco3)C[C@@H]21. The van der Waals surface area contributed by atoms with Crippen LogP contribution in [0, 0.1) is 0 Å². The molecule has 0 amide bonds. The maximum atomic E-state index is 6.38. The lowest BCUT2D eigenvalue weighted by Gasteiger charge is -2.38. The highest BCUT2D eigenvalue weighted by molar-refractivity contribution is 6.30. The molecule has 3 heterocycles. The highest BCUT2D eigenvalue weighted by atomic mass is 35.5. The highest BCUT2D eigenvalue weighted by Crippen LogP contribution is 2.50. The Balaban J connectivity index is 1.64. The van der Waals surface area contributed by atoms with Gasteiger partial charge in [0.05, 0.1) is 19.4 Å². The van der Waals surface area contributed by atoms with E-state index in [1.54, 1.807) is 13.4 Å². The Kier molecular flexibility index (Phi) is 3.83. The molecule has 0 saturated carbocycles. The van der Waals surface area contributed by atoms with Crippen LogP contribution in [0.15, 0.2) is 70.4 Å². The minimum Gasteiger partial charge on any atom is -0.493 e. The van der Waals surface area contributed by atoms with E-state index in [1.165, 1.54) is 0 Å². The predicted octanol–water partition coefficient (Wildman–Crippen LogP) is 5.18. The van der Waals surface area contributed by atoms with Crippen LogP contribution in [0.4, 0.5) is 0 Å². The Morgan fingerprint density at radius 1 is 1.15 bits per heavy atom. The molecule has 0 radical (unpaired) electrons. The van der Waals surface area contributed by atoms with Gasteiger partial charge in [-0.1, -0.05) is 35.9 Å². The van der Waals surface area contributed by atoms with Crippen molar-refractivity contribution in [2.45, 2.75) is 18.7 Å². The van der Waals surface area contributed by atoms with Gasteiger partial charge in [0.2, 0.25) is 6.23 Å². The van der Waals surface area contributed by atoms with Gasteiger partial charge in [0, 0.05) is 22.6 Å². The average Bonchev–Trinajstić information content (AvgIpc) is 3.36. The van der Waals surface area contributed by atoms with E-state index in [-0.39, 0.29) is 6.04 Å². The summed E-state index contributed by atoms with van der Waals surface area (Å²) >= 11 is 6.23. The summed E-state index contributed by atoms with van der Waals surface area (Å²) in [5.74, 6) is 2.24. The summed E-state index contributed by atoms with van der Waals surface area (Å²) in [5.41, 5.74) is 2.89. The van der Waals surface area contributed by atoms with E-state index >= 15 is 0 Å². The molecule has 6 heteroatoms. The smallest absolute Gasteiger partial charge is 0.214 e. The van der Waals surface area contributed by atoms with Crippen molar-refractivity contribution >= 4 is 17.3 Å². The Morgan fingerprint density at radius 2 is 2.04 bits per heavy atom. The Bertz CT molecular complexity index is 1020. The van der Waals surface area contributed by atoms with Gasteiger partial charge in [-0.3, -0.25) is 0 Å². The summed E-state index contributed by atoms with van der Waals surface area (Å²) in [6, 6.07) is 17.4. The van der Waals surface area contributed by atoms with E-state index in [0.717, 1.165) is 34.8 Å². The van der Waals surface area contributed by atoms with Gasteiger partial charge in [-0.15, -0.1) is 0 Å². The molecule has 2 aromatic carbocycles. The maximum Gasteiger partial charge on any atom is 0.214 e. The van der Waals surface area contributed by atoms with Gasteiger partial charge in [-0.2, -0.15) is 5.10 Å².